The molecule has 0 heterocycles. The summed E-state index contributed by atoms with van der Waals surface area (Å²) < 4.78 is 40.7. The summed E-state index contributed by atoms with van der Waals surface area (Å²) in [6, 6.07) is 2.77. The first-order valence-corrected chi connectivity index (χ1v) is 6.59. The molecule has 0 spiro atoms. The van der Waals surface area contributed by atoms with Crippen molar-refractivity contribution in [3.8, 4) is 0 Å². The molecule has 3 N–H and O–H groups in total. The Morgan fingerprint density at radius 1 is 1.43 bits per heavy atom. The molecule has 4 nitrogen and oxygen atoms in total. The van der Waals surface area contributed by atoms with Gasteiger partial charge in [0.05, 0.1) is 29.4 Å². The quantitative estimate of drug-likeness (QED) is 0.797. The lowest BCUT2D eigenvalue weighted by atomic mass is 10.2. The zero-order valence-electron chi connectivity index (χ0n) is 10.9. The summed E-state index contributed by atoms with van der Waals surface area (Å²) in [5.74, 6) is -0.659. The maximum Gasteiger partial charge on any atom is 0.391 e. The highest BCUT2D eigenvalue weighted by molar-refractivity contribution is 6.37. The maximum absolute atomic E-state index is 12.0. The molecule has 1 rings (SSSR count). The largest absolute Gasteiger partial charge is 0.397 e. The molecule has 1 unspecified atom stereocenters. The Bertz CT molecular complexity index is 501. The molecule has 21 heavy (non-hydrogen) atoms. The van der Waals surface area contributed by atoms with Crippen LogP contribution in [0, 0.1) is 0 Å². The first-order valence-electron chi connectivity index (χ1n) is 5.84. The predicted molar refractivity (Wildman–Crippen MR) is 75.6 cm³/mol. The number of carbonyl (C=O) groups is 1. The average Bonchev–Trinajstić information content (AvgIpc) is 2.31. The number of benzene rings is 1. The fourth-order valence-electron chi connectivity index (χ4n) is 1.38. The zero-order chi connectivity index (χ0) is 16.2. The molecule has 9 heteroatoms. The van der Waals surface area contributed by atoms with Gasteiger partial charge >= 0.3 is 6.18 Å². The molecule has 0 aromatic heterocycles. The van der Waals surface area contributed by atoms with E-state index in [9.17, 15) is 18.0 Å². The van der Waals surface area contributed by atoms with Crippen molar-refractivity contribution in [1.29, 1.82) is 0 Å². The second kappa shape index (κ2) is 7.20. The van der Waals surface area contributed by atoms with Crippen LogP contribution in [0.4, 0.5) is 24.5 Å². The number of hydrogen-bond donors (Lipinski definition) is 2. The number of nitrogens with two attached hydrogens (primary N) is 1. The Kier molecular flexibility index (Phi) is 6.12. The lowest BCUT2D eigenvalue weighted by Gasteiger charge is -2.16. The summed E-state index contributed by atoms with van der Waals surface area (Å²) in [4.78, 5) is 11.8. The van der Waals surface area contributed by atoms with E-state index in [0.717, 1.165) is 0 Å². The highest BCUT2D eigenvalue weighted by Gasteiger charge is 2.27. The van der Waals surface area contributed by atoms with Crippen LogP contribution in [0.2, 0.25) is 10.0 Å². The highest BCUT2D eigenvalue weighted by atomic mass is 35.5. The summed E-state index contributed by atoms with van der Waals surface area (Å²) in [5, 5.41) is 2.81. The Morgan fingerprint density at radius 3 is 2.57 bits per heavy atom. The fraction of sp³-hybridized carbons (Fsp3) is 0.417. The molecule has 0 aliphatic heterocycles. The molecule has 0 saturated carbocycles. The van der Waals surface area contributed by atoms with Crippen LogP contribution in [0.25, 0.3) is 0 Å². The Morgan fingerprint density at radius 2 is 2.05 bits per heavy atom. The first kappa shape index (κ1) is 17.9. The molecule has 0 radical (unpaired) electrons. The third-order valence-corrected chi connectivity index (χ3v) is 2.97. The summed E-state index contributed by atoms with van der Waals surface area (Å²) in [6.45, 7) is 0.716. The number of nitrogens with one attached hydrogen (secondary N) is 1. The van der Waals surface area contributed by atoms with Gasteiger partial charge in [0.25, 0.3) is 5.91 Å². The van der Waals surface area contributed by atoms with Crippen LogP contribution in [-0.4, -0.2) is 24.8 Å². The predicted octanol–water partition coefficient (Wildman–Crippen LogP) is 3.87. The standard InChI is InChI=1S/C12H13Cl2F3N2O2/c1-6(21-3-2-12(15,16)17)11(20)19-10-8(14)4-7(13)5-9(10)18/h4-6H,2-3,18H2,1H3,(H,19,20). The fourth-order valence-corrected chi connectivity index (χ4v) is 1.93. The van der Waals surface area contributed by atoms with Gasteiger partial charge < -0.3 is 15.8 Å². The number of rotatable bonds is 5. The monoisotopic (exact) mass is 344 g/mol. The van der Waals surface area contributed by atoms with Gasteiger partial charge in [-0.05, 0) is 19.1 Å². The number of anilines is 2. The first-order chi connectivity index (χ1) is 9.60. The van der Waals surface area contributed by atoms with Gasteiger partial charge in [0.1, 0.15) is 6.10 Å². The van der Waals surface area contributed by atoms with Crippen molar-refractivity contribution in [2.24, 2.45) is 0 Å². The Hall–Kier alpha value is -1.18. The molecule has 1 atom stereocenters. The number of amides is 1. The molecule has 0 saturated heterocycles. The number of ether oxygens (including phenoxy) is 1. The van der Waals surface area contributed by atoms with E-state index >= 15 is 0 Å². The van der Waals surface area contributed by atoms with Crippen LogP contribution in [0.3, 0.4) is 0 Å². The van der Waals surface area contributed by atoms with E-state index in [-0.39, 0.29) is 16.4 Å². The third kappa shape index (κ3) is 5.99. The normalized spacial score (nSPS) is 13.0. The molecular weight excluding hydrogens is 332 g/mol. The average molecular weight is 345 g/mol. The molecule has 0 bridgehead atoms. The van der Waals surface area contributed by atoms with Crippen molar-refractivity contribution in [3.63, 3.8) is 0 Å². The minimum atomic E-state index is -4.33. The van der Waals surface area contributed by atoms with Crippen LogP contribution in [0.1, 0.15) is 13.3 Å². The molecule has 0 aliphatic carbocycles. The van der Waals surface area contributed by atoms with E-state index in [1.807, 2.05) is 0 Å². The van der Waals surface area contributed by atoms with Crippen LogP contribution in [0.5, 0.6) is 0 Å². The van der Waals surface area contributed by atoms with E-state index in [1.54, 1.807) is 0 Å². The van der Waals surface area contributed by atoms with Gasteiger partial charge in [0.2, 0.25) is 0 Å². The maximum atomic E-state index is 12.0. The number of halogens is 5. The highest BCUT2D eigenvalue weighted by Crippen LogP contribution is 2.32. The third-order valence-electron chi connectivity index (χ3n) is 2.46. The molecule has 1 aromatic rings. The smallest absolute Gasteiger partial charge is 0.391 e. The van der Waals surface area contributed by atoms with Gasteiger partial charge in [-0.15, -0.1) is 0 Å². The van der Waals surface area contributed by atoms with Gasteiger partial charge in [-0.1, -0.05) is 23.2 Å². The number of carbonyl (C=O) groups excluding carboxylic acids is 1. The van der Waals surface area contributed by atoms with Crippen molar-refractivity contribution in [1.82, 2.24) is 0 Å². The van der Waals surface area contributed by atoms with Gasteiger partial charge in [-0.3, -0.25) is 4.79 Å². The van der Waals surface area contributed by atoms with Crippen molar-refractivity contribution < 1.29 is 22.7 Å². The minimum Gasteiger partial charge on any atom is -0.397 e. The second-order valence-corrected chi connectivity index (χ2v) is 5.06. The lowest BCUT2D eigenvalue weighted by Crippen LogP contribution is -2.29. The van der Waals surface area contributed by atoms with Crippen LogP contribution < -0.4 is 11.1 Å². The van der Waals surface area contributed by atoms with Gasteiger partial charge in [-0.25, -0.2) is 0 Å². The van der Waals surface area contributed by atoms with E-state index in [2.05, 4.69) is 5.32 Å². The Balaban J connectivity index is 2.61. The minimum absolute atomic E-state index is 0.121. The van der Waals surface area contributed by atoms with E-state index < -0.39 is 31.2 Å². The molecule has 1 amide bonds. The van der Waals surface area contributed by atoms with Crippen LogP contribution in [-0.2, 0) is 9.53 Å². The number of hydrogen-bond acceptors (Lipinski definition) is 3. The van der Waals surface area contributed by atoms with Gasteiger partial charge in [0.15, 0.2) is 0 Å². The van der Waals surface area contributed by atoms with Gasteiger partial charge in [0, 0.05) is 5.02 Å². The summed E-state index contributed by atoms with van der Waals surface area (Å²) >= 11 is 11.6. The SMILES string of the molecule is CC(OCCC(F)(F)F)C(=O)Nc1c(N)cc(Cl)cc1Cl. The zero-order valence-corrected chi connectivity index (χ0v) is 12.4. The van der Waals surface area contributed by atoms with Crippen molar-refractivity contribution >= 4 is 40.5 Å². The molecule has 0 fully saturated rings. The summed E-state index contributed by atoms with van der Waals surface area (Å²) in [6.07, 6.45) is -6.55. The van der Waals surface area contributed by atoms with E-state index in [4.69, 9.17) is 33.7 Å². The molecule has 0 aliphatic rings. The van der Waals surface area contributed by atoms with Crippen LogP contribution in [0.15, 0.2) is 12.1 Å². The summed E-state index contributed by atoms with van der Waals surface area (Å²) in [5.41, 5.74) is 5.93. The molecule has 118 valence electrons. The summed E-state index contributed by atoms with van der Waals surface area (Å²) in [7, 11) is 0. The van der Waals surface area contributed by atoms with E-state index in [1.165, 1.54) is 19.1 Å². The van der Waals surface area contributed by atoms with Crippen molar-refractivity contribution in [3.05, 3.63) is 22.2 Å². The molecule has 1 aromatic carbocycles. The molecular formula is C12H13Cl2F3N2O2. The second-order valence-electron chi connectivity index (χ2n) is 4.22. The topological polar surface area (TPSA) is 64.3 Å². The lowest BCUT2D eigenvalue weighted by molar-refractivity contribution is -0.152. The number of nitrogen functional groups attached to an aromatic ring is 1. The van der Waals surface area contributed by atoms with Crippen molar-refractivity contribution in [2.45, 2.75) is 25.6 Å². The number of alkyl halides is 3. The van der Waals surface area contributed by atoms with Crippen LogP contribution >= 0.6 is 23.2 Å². The Labute approximate surface area is 129 Å². The van der Waals surface area contributed by atoms with Gasteiger partial charge in [-0.2, -0.15) is 13.2 Å². The van der Waals surface area contributed by atoms with Crippen molar-refractivity contribution in [2.75, 3.05) is 17.7 Å². The van der Waals surface area contributed by atoms with E-state index in [0.29, 0.717) is 5.02 Å².